The van der Waals surface area contributed by atoms with E-state index in [2.05, 4.69) is 6.58 Å². The van der Waals surface area contributed by atoms with E-state index < -0.39 is 17.8 Å². The number of anilines is 1. The highest BCUT2D eigenvalue weighted by Gasteiger charge is 2.42. The van der Waals surface area contributed by atoms with Gasteiger partial charge in [-0.2, -0.15) is 0 Å². The summed E-state index contributed by atoms with van der Waals surface area (Å²) in [6.45, 7) is 6.19. The maximum atomic E-state index is 13.4. The average Bonchev–Trinajstić information content (AvgIpc) is 2.83. The van der Waals surface area contributed by atoms with Crippen molar-refractivity contribution < 1.29 is 28.6 Å². The van der Waals surface area contributed by atoms with E-state index >= 15 is 0 Å². The van der Waals surface area contributed by atoms with E-state index in [4.69, 9.17) is 14.2 Å². The Morgan fingerprint density at radius 3 is 2.38 bits per heavy atom. The van der Waals surface area contributed by atoms with Crippen LogP contribution in [-0.4, -0.2) is 56.7 Å². The summed E-state index contributed by atoms with van der Waals surface area (Å²) in [4.78, 5) is 41.7. The van der Waals surface area contributed by atoms with Gasteiger partial charge in [0.05, 0.1) is 32.6 Å². The number of amides is 4. The van der Waals surface area contributed by atoms with Crippen LogP contribution in [0.4, 0.5) is 10.5 Å². The molecule has 0 aromatic heterocycles. The molecule has 0 bridgehead atoms. The molecule has 2 aromatic rings. The summed E-state index contributed by atoms with van der Waals surface area (Å²) in [5, 5.41) is 0. The van der Waals surface area contributed by atoms with Crippen LogP contribution in [0.15, 0.2) is 60.7 Å². The molecule has 0 unspecified atom stereocenters. The number of rotatable bonds is 10. The van der Waals surface area contributed by atoms with Gasteiger partial charge in [-0.1, -0.05) is 24.3 Å². The minimum absolute atomic E-state index is 0.0106. The van der Waals surface area contributed by atoms with Gasteiger partial charge in [0.2, 0.25) is 0 Å². The molecular formula is C26H28N2O6. The largest absolute Gasteiger partial charge is 0.493 e. The Kier molecular flexibility index (Phi) is 8.21. The Labute approximate surface area is 199 Å². The van der Waals surface area contributed by atoms with Gasteiger partial charge in [-0.15, -0.1) is 6.58 Å². The zero-order valence-corrected chi connectivity index (χ0v) is 19.6. The Morgan fingerprint density at radius 2 is 1.76 bits per heavy atom. The molecule has 0 atom stereocenters. The number of hydrogen-bond acceptors (Lipinski definition) is 6. The maximum absolute atomic E-state index is 13.4. The Morgan fingerprint density at radius 1 is 1.03 bits per heavy atom. The van der Waals surface area contributed by atoms with Crippen molar-refractivity contribution in [1.82, 2.24) is 4.90 Å². The fraction of sp³-hybridized carbons (Fsp3) is 0.269. The molecule has 1 saturated heterocycles. The van der Waals surface area contributed by atoms with Crippen molar-refractivity contribution in [2.45, 2.75) is 13.3 Å². The predicted octanol–water partition coefficient (Wildman–Crippen LogP) is 3.85. The minimum Gasteiger partial charge on any atom is -0.493 e. The first-order chi connectivity index (χ1) is 16.5. The van der Waals surface area contributed by atoms with Crippen LogP contribution >= 0.6 is 0 Å². The number of para-hydroxylation sites is 1. The highest BCUT2D eigenvalue weighted by Crippen LogP contribution is 2.35. The van der Waals surface area contributed by atoms with Crippen LogP contribution in [0.25, 0.3) is 6.08 Å². The van der Waals surface area contributed by atoms with Crippen molar-refractivity contribution in [3.63, 3.8) is 0 Å². The van der Waals surface area contributed by atoms with Crippen LogP contribution in [0.5, 0.6) is 11.5 Å². The molecule has 1 heterocycles. The van der Waals surface area contributed by atoms with Crippen molar-refractivity contribution in [2.24, 2.45) is 0 Å². The van der Waals surface area contributed by atoms with Gasteiger partial charge in [0, 0.05) is 12.7 Å². The van der Waals surface area contributed by atoms with E-state index in [0.29, 0.717) is 35.8 Å². The first-order valence-electron chi connectivity index (χ1n) is 10.9. The number of imide groups is 2. The third kappa shape index (κ3) is 5.02. The highest BCUT2D eigenvalue weighted by molar-refractivity contribution is 6.39. The van der Waals surface area contributed by atoms with Gasteiger partial charge < -0.3 is 14.2 Å². The van der Waals surface area contributed by atoms with Gasteiger partial charge in [-0.05, 0) is 49.2 Å². The monoisotopic (exact) mass is 464 g/mol. The van der Waals surface area contributed by atoms with Gasteiger partial charge >= 0.3 is 6.03 Å². The molecule has 34 heavy (non-hydrogen) atoms. The molecule has 0 aliphatic carbocycles. The molecule has 0 radical (unpaired) electrons. The van der Waals surface area contributed by atoms with Crippen molar-refractivity contribution in [1.29, 1.82) is 0 Å². The quantitative estimate of drug-likeness (QED) is 0.302. The summed E-state index contributed by atoms with van der Waals surface area (Å²) in [6, 6.07) is 11.3. The van der Waals surface area contributed by atoms with E-state index in [1.165, 1.54) is 13.2 Å². The maximum Gasteiger partial charge on any atom is 0.338 e. The molecule has 4 amide bonds. The molecule has 8 heteroatoms. The molecule has 0 spiro atoms. The number of nitrogens with zero attached hydrogens (tertiary/aromatic N) is 2. The molecule has 2 aromatic carbocycles. The number of carbonyl (C=O) groups excluding carboxylic acids is 3. The Balaban J connectivity index is 2.14. The van der Waals surface area contributed by atoms with Crippen molar-refractivity contribution in [3.8, 4) is 11.5 Å². The van der Waals surface area contributed by atoms with Gasteiger partial charge in [-0.3, -0.25) is 14.5 Å². The van der Waals surface area contributed by atoms with Crippen LogP contribution in [0, 0.1) is 0 Å². The second kappa shape index (κ2) is 11.3. The lowest BCUT2D eigenvalue weighted by Gasteiger charge is -2.33. The normalized spacial score (nSPS) is 15.1. The molecular weight excluding hydrogens is 436 g/mol. The predicted molar refractivity (Wildman–Crippen MR) is 129 cm³/mol. The molecule has 3 rings (SSSR count). The Hall–Kier alpha value is -3.91. The second-order valence-corrected chi connectivity index (χ2v) is 7.40. The lowest BCUT2D eigenvalue weighted by Crippen LogP contribution is -2.57. The van der Waals surface area contributed by atoms with Gasteiger partial charge in [-0.25, -0.2) is 9.69 Å². The molecule has 8 nitrogen and oxygen atoms in total. The fourth-order valence-electron chi connectivity index (χ4n) is 3.69. The summed E-state index contributed by atoms with van der Waals surface area (Å²) in [5.41, 5.74) is 1.58. The smallest absolute Gasteiger partial charge is 0.338 e. The molecule has 1 aliphatic rings. The van der Waals surface area contributed by atoms with Crippen LogP contribution in [-0.2, 0) is 20.7 Å². The third-order valence-electron chi connectivity index (χ3n) is 5.20. The highest BCUT2D eigenvalue weighted by atomic mass is 16.5. The molecule has 0 N–H and O–H groups in total. The third-order valence-corrected chi connectivity index (χ3v) is 5.20. The first kappa shape index (κ1) is 24.7. The van der Waals surface area contributed by atoms with Crippen LogP contribution in [0.2, 0.25) is 0 Å². The Bertz CT molecular complexity index is 1110. The average molecular weight is 465 g/mol. The van der Waals surface area contributed by atoms with E-state index in [1.807, 2.05) is 6.92 Å². The van der Waals surface area contributed by atoms with Crippen molar-refractivity contribution in [3.05, 3.63) is 71.8 Å². The lowest BCUT2D eigenvalue weighted by atomic mass is 10.0. The summed E-state index contributed by atoms with van der Waals surface area (Å²) in [6.07, 6.45) is 3.70. The van der Waals surface area contributed by atoms with Gasteiger partial charge in [0.1, 0.15) is 5.57 Å². The number of methoxy groups -OCH3 is 2. The summed E-state index contributed by atoms with van der Waals surface area (Å²) >= 11 is 0. The molecule has 1 aliphatic heterocycles. The second-order valence-electron chi connectivity index (χ2n) is 7.40. The van der Waals surface area contributed by atoms with Crippen molar-refractivity contribution in [2.75, 3.05) is 38.9 Å². The number of benzene rings is 2. The number of carbonyl (C=O) groups is 3. The molecule has 0 saturated carbocycles. The van der Waals surface area contributed by atoms with Gasteiger partial charge in [0.25, 0.3) is 11.8 Å². The van der Waals surface area contributed by atoms with Crippen molar-refractivity contribution >= 4 is 29.6 Å². The zero-order valence-electron chi connectivity index (χ0n) is 19.6. The molecule has 178 valence electrons. The fourth-order valence-corrected chi connectivity index (χ4v) is 3.69. The van der Waals surface area contributed by atoms with Crippen LogP contribution < -0.4 is 14.4 Å². The van der Waals surface area contributed by atoms with E-state index in [1.54, 1.807) is 55.7 Å². The van der Waals surface area contributed by atoms with E-state index in [-0.39, 0.29) is 18.7 Å². The van der Waals surface area contributed by atoms with Crippen LogP contribution in [0.1, 0.15) is 18.1 Å². The van der Waals surface area contributed by atoms with E-state index in [0.717, 1.165) is 15.4 Å². The standard InChI is InChI=1S/C26H28N2O6/c1-5-10-19-15-18(17-22(34-6-2)23(19)33-4)16-21-24(29)27(13-14-32-3)26(31)28(25(21)30)20-11-8-7-9-12-20/h5,7-9,11-12,15-17H,1,6,10,13-14H2,2-4H3/b21-16-. The first-order valence-corrected chi connectivity index (χ1v) is 10.9. The molecule has 1 fully saturated rings. The number of allylic oxidation sites excluding steroid dienone is 1. The zero-order chi connectivity index (χ0) is 24.7. The van der Waals surface area contributed by atoms with Crippen LogP contribution in [0.3, 0.4) is 0 Å². The SMILES string of the molecule is C=CCc1cc(/C=C2/C(=O)N(CCOC)C(=O)N(c3ccccc3)C2=O)cc(OCC)c1OC. The summed E-state index contributed by atoms with van der Waals surface area (Å²) < 4.78 is 16.3. The number of urea groups is 1. The summed E-state index contributed by atoms with van der Waals surface area (Å²) in [7, 11) is 3.03. The lowest BCUT2D eigenvalue weighted by molar-refractivity contribution is -0.129. The summed E-state index contributed by atoms with van der Waals surface area (Å²) in [5.74, 6) is -0.334. The minimum atomic E-state index is -0.715. The number of ether oxygens (including phenoxy) is 3. The number of barbiturate groups is 1. The van der Waals surface area contributed by atoms with Gasteiger partial charge in [0.15, 0.2) is 11.5 Å². The number of hydrogen-bond donors (Lipinski definition) is 0. The van der Waals surface area contributed by atoms with E-state index in [9.17, 15) is 14.4 Å². The topological polar surface area (TPSA) is 85.4 Å².